The minimum atomic E-state index is -0.833. The SMILES string of the molecule is CC(=O)O.CC(=O)O.CC(=O)O.CC(=O)O.CC(=O)O.NCCNCCN.OCCO. The molecule has 0 aromatic heterocycles. The van der Waals surface area contributed by atoms with Gasteiger partial charge in [0, 0.05) is 60.8 Å². The summed E-state index contributed by atoms with van der Waals surface area (Å²) in [6.45, 7) is 8.30. The Kier molecular flexibility index (Phi) is 75.8. The molecule has 0 aliphatic carbocycles. The number of carbonyl (C=O) groups is 5. The number of aliphatic hydroxyl groups is 2. The van der Waals surface area contributed by atoms with Gasteiger partial charge in [-0.25, -0.2) is 0 Å². The monoisotopic (exact) mass is 465 g/mol. The van der Waals surface area contributed by atoms with Crippen molar-refractivity contribution in [1.82, 2.24) is 5.32 Å². The van der Waals surface area contributed by atoms with Gasteiger partial charge in [-0.15, -0.1) is 0 Å². The molecule has 0 saturated carbocycles. The molecule has 0 spiro atoms. The van der Waals surface area contributed by atoms with Gasteiger partial charge in [0.05, 0.1) is 13.2 Å². The number of rotatable bonds is 5. The number of carboxylic acids is 5. The average molecular weight is 465 g/mol. The van der Waals surface area contributed by atoms with Crippen LogP contribution in [0.4, 0.5) is 0 Å². The van der Waals surface area contributed by atoms with Gasteiger partial charge >= 0.3 is 0 Å². The molecule has 0 bridgehead atoms. The highest BCUT2D eigenvalue weighted by atomic mass is 16.4. The Bertz CT molecular complexity index is 312. The van der Waals surface area contributed by atoms with Crippen LogP contribution in [0.15, 0.2) is 0 Å². The summed E-state index contributed by atoms with van der Waals surface area (Å²) in [5.41, 5.74) is 10.3. The van der Waals surface area contributed by atoms with E-state index >= 15 is 0 Å². The summed E-state index contributed by atoms with van der Waals surface area (Å²) in [7, 11) is 0. The number of nitrogens with one attached hydrogen (secondary N) is 1. The van der Waals surface area contributed by atoms with Crippen LogP contribution in [0, 0.1) is 0 Å². The van der Waals surface area contributed by atoms with Gasteiger partial charge in [-0.05, 0) is 0 Å². The van der Waals surface area contributed by atoms with E-state index in [1.807, 2.05) is 0 Å². The lowest BCUT2D eigenvalue weighted by molar-refractivity contribution is -0.135. The minimum absolute atomic E-state index is 0.125. The summed E-state index contributed by atoms with van der Waals surface area (Å²) in [5.74, 6) is -4.17. The Hall–Kier alpha value is -2.85. The highest BCUT2D eigenvalue weighted by Crippen LogP contribution is 1.49. The van der Waals surface area contributed by atoms with Gasteiger partial charge in [-0.3, -0.25) is 24.0 Å². The van der Waals surface area contributed by atoms with E-state index in [1.54, 1.807) is 0 Å². The van der Waals surface area contributed by atoms with Gasteiger partial charge in [-0.2, -0.15) is 0 Å². The van der Waals surface area contributed by atoms with Crippen LogP contribution in [0.2, 0.25) is 0 Å². The van der Waals surface area contributed by atoms with Gasteiger partial charge in [0.25, 0.3) is 29.8 Å². The lowest BCUT2D eigenvalue weighted by Gasteiger charge is -1.95. The van der Waals surface area contributed by atoms with Gasteiger partial charge < -0.3 is 52.5 Å². The number of hydrogen-bond donors (Lipinski definition) is 10. The van der Waals surface area contributed by atoms with Gasteiger partial charge in [0.15, 0.2) is 0 Å². The van der Waals surface area contributed by atoms with Crippen LogP contribution in [0.3, 0.4) is 0 Å². The van der Waals surface area contributed by atoms with Crippen LogP contribution in [-0.2, 0) is 24.0 Å². The molecule has 0 aliphatic rings. The topological polar surface area (TPSA) is 291 Å². The predicted molar refractivity (Wildman–Crippen MR) is 112 cm³/mol. The standard InChI is InChI=1S/C4H13N3.5C2H4O2.C2H6O2/c5-1-3-7-4-2-6;5*1-2(3)4;3-1-2-4/h7H,1-6H2;5*1H3,(H,3,4);3-4H,1-2H2. The quantitative estimate of drug-likeness (QED) is 0.195. The Morgan fingerprint density at radius 1 is 0.548 bits per heavy atom. The lowest BCUT2D eigenvalue weighted by atomic mass is 10.6. The first-order valence-corrected chi connectivity index (χ1v) is 8.29. The molecule has 0 unspecified atom stereocenters. The maximum absolute atomic E-state index is 9.00. The molecule has 15 heteroatoms. The summed E-state index contributed by atoms with van der Waals surface area (Å²) in [6, 6.07) is 0. The van der Waals surface area contributed by atoms with Crippen molar-refractivity contribution in [3.05, 3.63) is 0 Å². The molecule has 0 atom stereocenters. The Balaban J connectivity index is -0.0000000440. The zero-order valence-electron chi connectivity index (χ0n) is 18.6. The number of carboxylic acid groups (broad SMARTS) is 5. The molecular formula is C16H39N3O12. The number of hydrogen-bond acceptors (Lipinski definition) is 10. The van der Waals surface area contributed by atoms with E-state index in [0.29, 0.717) is 13.1 Å². The largest absolute Gasteiger partial charge is 0.481 e. The van der Waals surface area contributed by atoms with Crippen molar-refractivity contribution < 1.29 is 59.7 Å². The van der Waals surface area contributed by atoms with Crippen molar-refractivity contribution in [2.75, 3.05) is 39.4 Å². The van der Waals surface area contributed by atoms with E-state index < -0.39 is 29.8 Å². The molecule has 15 nitrogen and oxygen atoms in total. The van der Waals surface area contributed by atoms with E-state index in [1.165, 1.54) is 0 Å². The molecule has 0 rings (SSSR count). The summed E-state index contributed by atoms with van der Waals surface area (Å²) in [5, 5.41) is 55.4. The Morgan fingerprint density at radius 2 is 0.677 bits per heavy atom. The fourth-order valence-corrected chi connectivity index (χ4v) is 0.329. The smallest absolute Gasteiger partial charge is 0.300 e. The summed E-state index contributed by atoms with van der Waals surface area (Å²) < 4.78 is 0. The molecule has 31 heavy (non-hydrogen) atoms. The highest BCUT2D eigenvalue weighted by Gasteiger charge is 1.76. The molecule has 0 aromatic rings. The number of aliphatic carboxylic acids is 5. The summed E-state index contributed by atoms with van der Waals surface area (Å²) in [4.78, 5) is 45.0. The van der Waals surface area contributed by atoms with Crippen LogP contribution in [-0.4, -0.2) is 105 Å². The molecule has 0 aliphatic heterocycles. The maximum Gasteiger partial charge on any atom is 0.300 e. The Labute approximate surface area is 181 Å². The molecule has 0 aromatic carbocycles. The van der Waals surface area contributed by atoms with E-state index in [9.17, 15) is 0 Å². The number of nitrogens with two attached hydrogens (primary N) is 2. The first-order chi connectivity index (χ1) is 14.0. The van der Waals surface area contributed by atoms with Crippen LogP contribution >= 0.6 is 0 Å². The normalized spacial score (nSPS) is 7.13. The first-order valence-electron chi connectivity index (χ1n) is 8.29. The van der Waals surface area contributed by atoms with Crippen molar-refractivity contribution >= 4 is 29.8 Å². The first kappa shape index (κ1) is 46.4. The zero-order valence-corrected chi connectivity index (χ0v) is 18.6. The highest BCUT2D eigenvalue weighted by molar-refractivity contribution is 5.63. The van der Waals surface area contributed by atoms with E-state index in [2.05, 4.69) is 5.32 Å². The van der Waals surface area contributed by atoms with E-state index in [0.717, 1.165) is 47.7 Å². The maximum atomic E-state index is 9.00. The van der Waals surface area contributed by atoms with Crippen LogP contribution in [0.25, 0.3) is 0 Å². The molecule has 12 N–H and O–H groups in total. The van der Waals surface area contributed by atoms with Crippen molar-refractivity contribution in [3.63, 3.8) is 0 Å². The molecule has 0 fully saturated rings. The van der Waals surface area contributed by atoms with E-state index in [-0.39, 0.29) is 13.2 Å². The average Bonchev–Trinajstić information content (AvgIpc) is 2.53. The third kappa shape index (κ3) is 3720. The molecule has 0 radical (unpaired) electrons. The second-order valence-electron chi connectivity index (χ2n) is 4.37. The summed E-state index contributed by atoms with van der Waals surface area (Å²) >= 11 is 0. The molecule has 0 saturated heterocycles. The summed E-state index contributed by atoms with van der Waals surface area (Å²) in [6.07, 6.45) is 0. The second kappa shape index (κ2) is 50.6. The van der Waals surface area contributed by atoms with Crippen molar-refractivity contribution in [2.45, 2.75) is 34.6 Å². The van der Waals surface area contributed by atoms with E-state index in [4.69, 9.17) is 71.2 Å². The fraction of sp³-hybridized carbons (Fsp3) is 0.688. The third-order valence-corrected chi connectivity index (χ3v) is 0.742. The second-order valence-corrected chi connectivity index (χ2v) is 4.37. The molecule has 0 heterocycles. The van der Waals surface area contributed by atoms with Crippen molar-refractivity contribution in [1.29, 1.82) is 0 Å². The van der Waals surface area contributed by atoms with Gasteiger partial charge in [0.2, 0.25) is 0 Å². The third-order valence-electron chi connectivity index (χ3n) is 0.742. The Morgan fingerprint density at radius 3 is 0.742 bits per heavy atom. The van der Waals surface area contributed by atoms with Crippen LogP contribution < -0.4 is 16.8 Å². The molecular weight excluding hydrogens is 426 g/mol. The van der Waals surface area contributed by atoms with Crippen LogP contribution in [0.5, 0.6) is 0 Å². The zero-order chi connectivity index (χ0) is 26.8. The fourth-order valence-electron chi connectivity index (χ4n) is 0.329. The molecule has 190 valence electrons. The molecule has 0 amide bonds. The lowest BCUT2D eigenvalue weighted by Crippen LogP contribution is -2.27. The van der Waals surface area contributed by atoms with Crippen molar-refractivity contribution in [2.24, 2.45) is 11.5 Å². The minimum Gasteiger partial charge on any atom is -0.481 e. The predicted octanol–water partition coefficient (Wildman–Crippen LogP) is -2.08. The van der Waals surface area contributed by atoms with Crippen molar-refractivity contribution in [3.8, 4) is 0 Å². The van der Waals surface area contributed by atoms with Gasteiger partial charge in [0.1, 0.15) is 0 Å². The number of aliphatic hydroxyl groups excluding tert-OH is 2. The van der Waals surface area contributed by atoms with Crippen LogP contribution in [0.1, 0.15) is 34.6 Å². The van der Waals surface area contributed by atoms with Gasteiger partial charge in [-0.1, -0.05) is 0 Å².